The number of rotatable bonds is 5. The molecule has 1 N–H and O–H groups in total. The number of piperidine rings is 1. The molecule has 0 radical (unpaired) electrons. The first-order valence-electron chi connectivity index (χ1n) is 10.1. The Morgan fingerprint density at radius 3 is 2.97 bits per heavy atom. The lowest BCUT2D eigenvalue weighted by atomic mass is 9.97. The van der Waals surface area contributed by atoms with Gasteiger partial charge in [0.05, 0.1) is 6.54 Å². The normalized spacial score (nSPS) is 16.9. The third-order valence-electron chi connectivity index (χ3n) is 5.65. The van der Waals surface area contributed by atoms with E-state index in [1.807, 2.05) is 13.8 Å². The van der Waals surface area contributed by atoms with Gasteiger partial charge >= 0.3 is 0 Å². The summed E-state index contributed by atoms with van der Waals surface area (Å²) in [6.07, 6.45) is 1.70. The van der Waals surface area contributed by atoms with Crippen LogP contribution in [-0.2, 0) is 16.1 Å². The second-order valence-electron chi connectivity index (χ2n) is 7.91. The number of hydrogen-bond donors (Lipinski definition) is 1. The number of benzene rings is 1. The van der Waals surface area contributed by atoms with E-state index >= 15 is 0 Å². The van der Waals surface area contributed by atoms with E-state index in [1.54, 1.807) is 9.58 Å². The molecule has 0 aliphatic carbocycles. The summed E-state index contributed by atoms with van der Waals surface area (Å²) in [5.41, 5.74) is 3.81. The SMILES string of the molecule is COCC(=O)N1CCCC(c2nc3c(nnn3Cc3cc(C)ccc3C)c(=O)[nH]2)C1. The van der Waals surface area contributed by atoms with E-state index in [0.29, 0.717) is 31.1 Å². The molecule has 1 amide bonds. The summed E-state index contributed by atoms with van der Waals surface area (Å²) < 4.78 is 6.64. The standard InChI is InChI=1S/C21H26N6O3/c1-13-6-7-14(2)16(9-13)11-27-20-18(24-25-27)21(29)23-19(22-20)15-5-4-8-26(10-15)17(28)12-30-3/h6-7,9,15H,4-5,8,10-12H2,1-3H3,(H,22,23,29). The van der Waals surface area contributed by atoms with Gasteiger partial charge in [-0.3, -0.25) is 9.59 Å². The monoisotopic (exact) mass is 410 g/mol. The minimum atomic E-state index is -0.303. The molecule has 3 heterocycles. The van der Waals surface area contributed by atoms with Gasteiger partial charge in [0.15, 0.2) is 11.2 Å². The van der Waals surface area contributed by atoms with Crippen LogP contribution < -0.4 is 5.56 Å². The van der Waals surface area contributed by atoms with Crippen LogP contribution in [0.25, 0.3) is 11.2 Å². The van der Waals surface area contributed by atoms with Crippen LogP contribution in [0.4, 0.5) is 0 Å². The molecule has 1 saturated heterocycles. The van der Waals surface area contributed by atoms with Crippen molar-refractivity contribution in [1.82, 2.24) is 29.9 Å². The fourth-order valence-corrected chi connectivity index (χ4v) is 3.96. The van der Waals surface area contributed by atoms with E-state index in [2.05, 4.69) is 33.5 Å². The number of carbonyl (C=O) groups excluding carboxylic acids is 1. The Hall–Kier alpha value is -3.07. The molecular formula is C21H26N6O3. The summed E-state index contributed by atoms with van der Waals surface area (Å²) in [4.78, 5) is 34.2. The van der Waals surface area contributed by atoms with Gasteiger partial charge in [0.25, 0.3) is 5.56 Å². The highest BCUT2D eigenvalue weighted by atomic mass is 16.5. The van der Waals surface area contributed by atoms with Crippen molar-refractivity contribution in [2.24, 2.45) is 0 Å². The fraction of sp³-hybridized carbons (Fsp3) is 0.476. The molecule has 0 saturated carbocycles. The smallest absolute Gasteiger partial charge is 0.281 e. The molecule has 3 aromatic rings. The van der Waals surface area contributed by atoms with Gasteiger partial charge in [-0.1, -0.05) is 29.0 Å². The summed E-state index contributed by atoms with van der Waals surface area (Å²) in [6.45, 7) is 5.84. The number of aromatic nitrogens is 5. The molecule has 1 aromatic carbocycles. The van der Waals surface area contributed by atoms with E-state index < -0.39 is 0 Å². The molecule has 30 heavy (non-hydrogen) atoms. The predicted molar refractivity (Wildman–Crippen MR) is 111 cm³/mol. The topological polar surface area (TPSA) is 106 Å². The van der Waals surface area contributed by atoms with Crippen LogP contribution in [-0.4, -0.2) is 62.6 Å². The number of likely N-dealkylation sites (tertiary alicyclic amines) is 1. The van der Waals surface area contributed by atoms with E-state index in [4.69, 9.17) is 9.72 Å². The number of amides is 1. The molecule has 1 atom stereocenters. The molecular weight excluding hydrogens is 384 g/mol. The lowest BCUT2D eigenvalue weighted by Gasteiger charge is -2.32. The number of fused-ring (bicyclic) bond motifs is 1. The number of nitrogens with one attached hydrogen (secondary N) is 1. The Bertz CT molecular complexity index is 1140. The largest absolute Gasteiger partial charge is 0.375 e. The van der Waals surface area contributed by atoms with Crippen molar-refractivity contribution >= 4 is 17.1 Å². The van der Waals surface area contributed by atoms with Gasteiger partial charge in [0.2, 0.25) is 5.91 Å². The number of carbonyl (C=O) groups is 1. The quantitative estimate of drug-likeness (QED) is 0.684. The van der Waals surface area contributed by atoms with E-state index in [-0.39, 0.29) is 29.5 Å². The van der Waals surface area contributed by atoms with Crippen LogP contribution in [0.5, 0.6) is 0 Å². The van der Waals surface area contributed by atoms with Gasteiger partial charge in [-0.2, -0.15) is 0 Å². The van der Waals surface area contributed by atoms with Crippen molar-refractivity contribution in [2.45, 2.75) is 39.2 Å². The summed E-state index contributed by atoms with van der Waals surface area (Å²) >= 11 is 0. The summed E-state index contributed by atoms with van der Waals surface area (Å²) in [7, 11) is 1.51. The average Bonchev–Trinajstić information content (AvgIpc) is 3.14. The van der Waals surface area contributed by atoms with Crippen LogP contribution in [0.1, 0.15) is 41.3 Å². The Morgan fingerprint density at radius 2 is 2.17 bits per heavy atom. The summed E-state index contributed by atoms with van der Waals surface area (Å²) in [5, 5.41) is 8.22. The van der Waals surface area contributed by atoms with Gasteiger partial charge in [-0.05, 0) is 37.8 Å². The lowest BCUT2D eigenvalue weighted by Crippen LogP contribution is -2.41. The highest BCUT2D eigenvalue weighted by Gasteiger charge is 2.27. The molecule has 158 valence electrons. The zero-order valence-corrected chi connectivity index (χ0v) is 17.5. The number of H-pyrrole nitrogens is 1. The number of ether oxygens (including phenoxy) is 1. The molecule has 1 aliphatic rings. The van der Waals surface area contributed by atoms with Gasteiger partial charge < -0.3 is 14.6 Å². The Kier molecular flexibility index (Phi) is 5.63. The Balaban J connectivity index is 1.66. The maximum Gasteiger partial charge on any atom is 0.281 e. The van der Waals surface area contributed by atoms with E-state index in [1.165, 1.54) is 7.11 Å². The highest BCUT2D eigenvalue weighted by Crippen LogP contribution is 2.25. The fourth-order valence-electron chi connectivity index (χ4n) is 3.96. The van der Waals surface area contributed by atoms with Crippen LogP contribution in [0.15, 0.2) is 23.0 Å². The third-order valence-corrected chi connectivity index (χ3v) is 5.65. The van der Waals surface area contributed by atoms with E-state index in [9.17, 15) is 9.59 Å². The second kappa shape index (κ2) is 8.35. The summed E-state index contributed by atoms with van der Waals surface area (Å²) in [5.74, 6) is 0.486. The van der Waals surface area contributed by atoms with Crippen molar-refractivity contribution in [3.8, 4) is 0 Å². The Morgan fingerprint density at radius 1 is 1.33 bits per heavy atom. The van der Waals surface area contributed by atoms with Gasteiger partial charge in [-0.25, -0.2) is 9.67 Å². The van der Waals surface area contributed by atoms with Crippen LogP contribution in [0.3, 0.4) is 0 Å². The summed E-state index contributed by atoms with van der Waals surface area (Å²) in [6, 6.07) is 6.25. The first kappa shape index (κ1) is 20.2. The zero-order chi connectivity index (χ0) is 21.3. The minimum Gasteiger partial charge on any atom is -0.375 e. The van der Waals surface area contributed by atoms with Crippen molar-refractivity contribution in [1.29, 1.82) is 0 Å². The first-order chi connectivity index (χ1) is 14.5. The maximum absolute atomic E-state index is 12.6. The molecule has 9 nitrogen and oxygen atoms in total. The predicted octanol–water partition coefficient (Wildman–Crippen LogP) is 1.53. The van der Waals surface area contributed by atoms with Crippen LogP contribution >= 0.6 is 0 Å². The van der Waals surface area contributed by atoms with Crippen molar-refractivity contribution in [3.63, 3.8) is 0 Å². The molecule has 0 spiro atoms. The number of nitrogens with zero attached hydrogens (tertiary/aromatic N) is 5. The molecule has 0 bridgehead atoms. The average molecular weight is 410 g/mol. The van der Waals surface area contributed by atoms with Crippen molar-refractivity contribution < 1.29 is 9.53 Å². The lowest BCUT2D eigenvalue weighted by molar-refractivity contribution is -0.136. The molecule has 2 aromatic heterocycles. The molecule has 9 heteroatoms. The third kappa shape index (κ3) is 3.97. The second-order valence-corrected chi connectivity index (χ2v) is 7.91. The van der Waals surface area contributed by atoms with Gasteiger partial charge in [0.1, 0.15) is 12.4 Å². The molecule has 1 aliphatic heterocycles. The molecule has 4 rings (SSSR count). The molecule has 1 unspecified atom stereocenters. The number of methoxy groups -OCH3 is 1. The minimum absolute atomic E-state index is 0.0410. The zero-order valence-electron chi connectivity index (χ0n) is 17.5. The number of aromatic amines is 1. The van der Waals surface area contributed by atoms with Crippen LogP contribution in [0, 0.1) is 13.8 Å². The molecule has 1 fully saturated rings. The van der Waals surface area contributed by atoms with Crippen LogP contribution in [0.2, 0.25) is 0 Å². The van der Waals surface area contributed by atoms with Crippen molar-refractivity contribution in [2.75, 3.05) is 26.8 Å². The first-order valence-corrected chi connectivity index (χ1v) is 10.1. The van der Waals surface area contributed by atoms with Gasteiger partial charge in [-0.15, -0.1) is 5.10 Å². The van der Waals surface area contributed by atoms with E-state index in [0.717, 1.165) is 29.5 Å². The Labute approximate surface area is 174 Å². The van der Waals surface area contributed by atoms with Crippen molar-refractivity contribution in [3.05, 3.63) is 51.1 Å². The number of hydrogen-bond acceptors (Lipinski definition) is 6. The maximum atomic E-state index is 12.6. The highest BCUT2D eigenvalue weighted by molar-refractivity contribution is 5.77. The number of aryl methyl sites for hydroxylation is 2. The van der Waals surface area contributed by atoms with Gasteiger partial charge in [0, 0.05) is 26.1 Å².